The molecule has 1 nitrogen and oxygen atoms in total. The van der Waals surface area contributed by atoms with Crippen molar-refractivity contribution in [2.45, 2.75) is 26.1 Å². The first-order valence-electron chi connectivity index (χ1n) is 8.34. The van der Waals surface area contributed by atoms with E-state index < -0.39 is 0 Å². The Bertz CT molecular complexity index is 772. The molecule has 0 fully saturated rings. The number of nitrogens with zero attached hydrogens (tertiary/aromatic N) is 1. The van der Waals surface area contributed by atoms with Crippen LogP contribution >= 0.6 is 0 Å². The number of hydrogen-bond acceptors (Lipinski definition) is 1. The van der Waals surface area contributed by atoms with E-state index in [0.29, 0.717) is 0 Å². The minimum absolute atomic E-state index is 0.105. The van der Waals surface area contributed by atoms with Gasteiger partial charge in [0.25, 0.3) is 0 Å². The maximum absolute atomic E-state index is 13.9. The Hall–Kier alpha value is -2.45. The van der Waals surface area contributed by atoms with Crippen molar-refractivity contribution in [1.29, 1.82) is 0 Å². The average molecular weight is 317 g/mol. The van der Waals surface area contributed by atoms with Crippen LogP contribution in [0, 0.1) is 12.7 Å². The molecule has 0 N–H and O–H groups in total. The molecule has 3 aromatic rings. The molecular weight excluding hydrogens is 297 g/mol. The summed E-state index contributed by atoms with van der Waals surface area (Å²) < 4.78 is 13.9. The van der Waals surface area contributed by atoms with Gasteiger partial charge in [0.1, 0.15) is 5.82 Å². The molecule has 0 bridgehead atoms. The van der Waals surface area contributed by atoms with Crippen molar-refractivity contribution in [3.8, 4) is 0 Å². The first-order valence-corrected chi connectivity index (χ1v) is 8.34. The molecule has 0 saturated carbocycles. The summed E-state index contributed by atoms with van der Waals surface area (Å²) in [5.74, 6) is -0.105. The molecule has 0 radical (unpaired) electrons. The van der Waals surface area contributed by atoms with E-state index in [1.165, 1.54) is 16.7 Å². The number of rotatable bonds is 3. The smallest absolute Gasteiger partial charge is 0.126 e. The van der Waals surface area contributed by atoms with E-state index in [4.69, 9.17) is 0 Å². The number of benzene rings is 3. The minimum Gasteiger partial charge on any atom is -0.284 e. The largest absolute Gasteiger partial charge is 0.284 e. The number of fused-ring (bicyclic) bond motifs is 1. The molecule has 0 aromatic heterocycles. The van der Waals surface area contributed by atoms with Crippen molar-refractivity contribution in [2.75, 3.05) is 0 Å². The van der Waals surface area contributed by atoms with Crippen molar-refractivity contribution in [2.24, 2.45) is 0 Å². The molecule has 0 spiro atoms. The summed E-state index contributed by atoms with van der Waals surface area (Å²) in [7, 11) is 0. The van der Waals surface area contributed by atoms with Crippen LogP contribution in [0.5, 0.6) is 0 Å². The van der Waals surface area contributed by atoms with Crippen LogP contribution in [0.3, 0.4) is 0 Å². The fraction of sp³-hybridized carbons (Fsp3) is 0.182. The van der Waals surface area contributed by atoms with Gasteiger partial charge in [-0.2, -0.15) is 0 Å². The highest BCUT2D eigenvalue weighted by atomic mass is 19.1. The van der Waals surface area contributed by atoms with E-state index in [1.807, 2.05) is 25.1 Å². The van der Waals surface area contributed by atoms with Crippen molar-refractivity contribution in [3.05, 3.63) is 106 Å². The minimum atomic E-state index is -0.105. The summed E-state index contributed by atoms with van der Waals surface area (Å²) in [6.07, 6.45) is 0. The quantitative estimate of drug-likeness (QED) is 0.638. The average Bonchev–Trinajstić information content (AvgIpc) is 2.99. The van der Waals surface area contributed by atoms with Gasteiger partial charge in [-0.25, -0.2) is 4.39 Å². The molecule has 1 heterocycles. The Morgan fingerprint density at radius 2 is 1.29 bits per heavy atom. The van der Waals surface area contributed by atoms with E-state index in [9.17, 15) is 4.39 Å². The van der Waals surface area contributed by atoms with E-state index in [0.717, 1.165) is 24.2 Å². The molecular formula is C22H20FN. The van der Waals surface area contributed by atoms with Crippen molar-refractivity contribution in [1.82, 2.24) is 4.90 Å². The van der Waals surface area contributed by atoms with Gasteiger partial charge < -0.3 is 0 Å². The third-order valence-electron chi connectivity index (χ3n) is 4.82. The molecule has 0 atom stereocenters. The lowest BCUT2D eigenvalue weighted by Gasteiger charge is -2.28. The van der Waals surface area contributed by atoms with Crippen LogP contribution in [0.25, 0.3) is 0 Å². The summed E-state index contributed by atoms with van der Waals surface area (Å²) in [6, 6.07) is 25.0. The highest BCUT2D eigenvalue weighted by molar-refractivity contribution is 5.38. The standard InChI is InChI=1S/C22H20FN/c1-16-12-19-14-24(15-20(19)13-21(16)23)22(17-8-4-2-5-9-17)18-10-6-3-7-11-18/h2-13,22H,14-15H2,1H3. The summed E-state index contributed by atoms with van der Waals surface area (Å²) in [4.78, 5) is 2.42. The lowest BCUT2D eigenvalue weighted by Crippen LogP contribution is -2.24. The SMILES string of the molecule is Cc1cc2c(cc1F)CN(C(c1ccccc1)c1ccccc1)C2. The monoisotopic (exact) mass is 317 g/mol. The summed E-state index contributed by atoms with van der Waals surface area (Å²) in [5, 5.41) is 0. The van der Waals surface area contributed by atoms with E-state index in [2.05, 4.69) is 53.4 Å². The van der Waals surface area contributed by atoms with Crippen molar-refractivity contribution >= 4 is 0 Å². The van der Waals surface area contributed by atoms with Gasteiger partial charge in [0.05, 0.1) is 6.04 Å². The molecule has 0 amide bonds. The Morgan fingerprint density at radius 1 is 0.792 bits per heavy atom. The van der Waals surface area contributed by atoms with Crippen molar-refractivity contribution < 1.29 is 4.39 Å². The first-order chi connectivity index (χ1) is 11.7. The Labute approximate surface area is 142 Å². The number of aryl methyl sites for hydroxylation is 1. The van der Waals surface area contributed by atoms with Crippen LogP contribution < -0.4 is 0 Å². The predicted molar refractivity (Wildman–Crippen MR) is 95.1 cm³/mol. The molecule has 0 saturated heterocycles. The van der Waals surface area contributed by atoms with Crippen LogP contribution in [-0.4, -0.2) is 4.90 Å². The van der Waals surface area contributed by atoms with Gasteiger partial charge >= 0.3 is 0 Å². The highest BCUT2D eigenvalue weighted by Crippen LogP contribution is 2.36. The Kier molecular flexibility index (Phi) is 3.91. The van der Waals surface area contributed by atoms with Gasteiger partial charge in [0, 0.05) is 13.1 Å². The topological polar surface area (TPSA) is 3.24 Å². The predicted octanol–water partition coefficient (Wildman–Crippen LogP) is 5.24. The lowest BCUT2D eigenvalue weighted by atomic mass is 9.97. The molecule has 1 aliphatic heterocycles. The first kappa shape index (κ1) is 15.1. The van der Waals surface area contributed by atoms with Crippen LogP contribution in [0.4, 0.5) is 4.39 Å². The molecule has 1 aliphatic rings. The van der Waals surface area contributed by atoms with Crippen LogP contribution in [0.2, 0.25) is 0 Å². The lowest BCUT2D eigenvalue weighted by molar-refractivity contribution is 0.231. The molecule has 2 heteroatoms. The van der Waals surface area contributed by atoms with Gasteiger partial charge in [-0.1, -0.05) is 66.7 Å². The summed E-state index contributed by atoms with van der Waals surface area (Å²) >= 11 is 0. The molecule has 120 valence electrons. The van der Waals surface area contributed by atoms with Crippen LogP contribution in [-0.2, 0) is 13.1 Å². The fourth-order valence-corrected chi connectivity index (χ4v) is 3.64. The maximum Gasteiger partial charge on any atom is 0.126 e. The normalized spacial score (nSPS) is 14.1. The Balaban J connectivity index is 1.73. The second kappa shape index (κ2) is 6.21. The second-order valence-electron chi connectivity index (χ2n) is 6.50. The zero-order valence-electron chi connectivity index (χ0n) is 13.7. The van der Waals surface area contributed by atoms with E-state index in [1.54, 1.807) is 6.07 Å². The van der Waals surface area contributed by atoms with Gasteiger partial charge in [-0.3, -0.25) is 4.90 Å². The summed E-state index contributed by atoms with van der Waals surface area (Å²) in [6.45, 7) is 3.47. The van der Waals surface area contributed by atoms with Gasteiger partial charge in [-0.15, -0.1) is 0 Å². The van der Waals surface area contributed by atoms with E-state index >= 15 is 0 Å². The van der Waals surface area contributed by atoms with Crippen LogP contribution in [0.15, 0.2) is 72.8 Å². The maximum atomic E-state index is 13.9. The molecule has 24 heavy (non-hydrogen) atoms. The van der Waals surface area contributed by atoms with Gasteiger partial charge in [0.2, 0.25) is 0 Å². The third-order valence-corrected chi connectivity index (χ3v) is 4.82. The number of halogens is 1. The second-order valence-corrected chi connectivity index (χ2v) is 6.50. The van der Waals surface area contributed by atoms with Gasteiger partial charge in [-0.05, 0) is 40.8 Å². The molecule has 3 aromatic carbocycles. The number of hydrogen-bond donors (Lipinski definition) is 0. The molecule has 0 unspecified atom stereocenters. The molecule has 4 rings (SSSR count). The molecule has 0 aliphatic carbocycles. The Morgan fingerprint density at radius 3 is 1.83 bits per heavy atom. The third kappa shape index (κ3) is 2.74. The van der Waals surface area contributed by atoms with Gasteiger partial charge in [0.15, 0.2) is 0 Å². The van der Waals surface area contributed by atoms with Crippen molar-refractivity contribution in [3.63, 3.8) is 0 Å². The van der Waals surface area contributed by atoms with E-state index in [-0.39, 0.29) is 11.9 Å². The highest BCUT2D eigenvalue weighted by Gasteiger charge is 2.28. The zero-order valence-corrected chi connectivity index (χ0v) is 13.7. The van der Waals surface area contributed by atoms with Crippen LogP contribution in [0.1, 0.15) is 33.9 Å². The zero-order chi connectivity index (χ0) is 16.5. The fourth-order valence-electron chi connectivity index (χ4n) is 3.64. The summed E-state index contributed by atoms with van der Waals surface area (Å²) in [5.41, 5.74) is 5.62.